The van der Waals surface area contributed by atoms with Crippen molar-refractivity contribution in [1.82, 2.24) is 9.97 Å². The molecule has 2 aliphatic carbocycles. The number of benzene rings is 8. The van der Waals surface area contributed by atoms with E-state index >= 15 is 0 Å². The first kappa shape index (κ1) is 41.2. The van der Waals surface area contributed by atoms with Crippen LogP contribution in [-0.2, 0) is 42.9 Å². The van der Waals surface area contributed by atoms with Crippen LogP contribution in [0.4, 0.5) is 0 Å². The predicted octanol–water partition coefficient (Wildman–Crippen LogP) is 15.5. The summed E-state index contributed by atoms with van der Waals surface area (Å²) in [6.07, 6.45) is 0. The summed E-state index contributed by atoms with van der Waals surface area (Å²) >= 11 is 8.99. The van der Waals surface area contributed by atoms with Crippen LogP contribution in [-0.4, -0.2) is 15.1 Å². The first-order chi connectivity index (χ1) is 30.0. The molecule has 0 unspecified atom stereocenters. The minimum Gasteiger partial charge on any atom is -0.779 e. The molecule has 0 amide bonds. The van der Waals surface area contributed by atoms with Gasteiger partial charge < -0.3 is 17.7 Å². The van der Waals surface area contributed by atoms with Crippen molar-refractivity contribution in [3.63, 3.8) is 0 Å². The van der Waals surface area contributed by atoms with Gasteiger partial charge in [-0.2, -0.15) is 4.90 Å². The van der Waals surface area contributed by atoms with Crippen LogP contribution in [0.3, 0.4) is 0 Å². The number of aromatic nitrogens is 2. The summed E-state index contributed by atoms with van der Waals surface area (Å²) < 4.78 is 2.31. The van der Waals surface area contributed by atoms with E-state index in [9.17, 15) is 5.11 Å². The third-order valence-electron chi connectivity index (χ3n) is 12.9. The Morgan fingerprint density at radius 1 is 0.413 bits per heavy atom. The first-order valence-electron chi connectivity index (χ1n) is 20.9. The van der Waals surface area contributed by atoms with Crippen molar-refractivity contribution in [3.8, 4) is 71.4 Å². The molecular weight excluding hydrogens is 878 g/mol. The molecule has 0 saturated heterocycles. The van der Waals surface area contributed by atoms with E-state index in [1.165, 1.54) is 60.3 Å². The van der Waals surface area contributed by atoms with Crippen molar-refractivity contribution >= 4 is 55.7 Å². The first-order valence-corrected chi connectivity index (χ1v) is 22.9. The van der Waals surface area contributed by atoms with Crippen molar-refractivity contribution < 1.29 is 24.6 Å². The van der Waals surface area contributed by atoms with Crippen LogP contribution in [0.15, 0.2) is 175 Å². The van der Waals surface area contributed by atoms with Crippen LogP contribution in [0.1, 0.15) is 49.9 Å². The maximum Gasteiger partial charge on any atom is 0.128 e. The molecule has 12 rings (SSSR count). The Hall–Kier alpha value is -5.82. The summed E-state index contributed by atoms with van der Waals surface area (Å²) in [5.74, 6) is 0.261. The molecule has 3 nitrogen and oxygen atoms in total. The summed E-state index contributed by atoms with van der Waals surface area (Å²) in [4.78, 5) is 10.4. The maximum absolute atomic E-state index is 10.6. The molecule has 10 aromatic rings. The van der Waals surface area contributed by atoms with E-state index in [1.54, 1.807) is 28.7 Å². The number of hydrogen-bond acceptors (Lipinski definition) is 6. The van der Waals surface area contributed by atoms with Gasteiger partial charge in [0.2, 0.25) is 0 Å². The minimum atomic E-state index is -0.0330. The van der Waals surface area contributed by atoms with Crippen molar-refractivity contribution in [3.05, 3.63) is 192 Å². The number of rotatable bonds is 4. The van der Waals surface area contributed by atoms with Crippen LogP contribution in [0.5, 0.6) is 5.75 Å². The Bertz CT molecular complexity index is 3120. The number of aromatic hydroxyl groups is 1. The summed E-state index contributed by atoms with van der Waals surface area (Å²) in [5.41, 5.74) is 19.3. The Kier molecular flexibility index (Phi) is 10.3. The molecule has 302 valence electrons. The monoisotopic (exact) mass is 917 g/mol. The number of para-hydroxylation sites is 2. The molecule has 7 heteroatoms. The standard InChI is InChI=1S/C28H21NOS.C28H21NS2.Zn/c2*1-28(2)22-8-4-3-7-19(22)20-13-11-18(16-23(20)28)17-12-14-25(30)21(15-17)27-29-24-9-5-6-10-26(24)31-27;/h2*3-16,30H,1-2H3;/p-1. The molecule has 2 heterocycles. The van der Waals surface area contributed by atoms with Crippen LogP contribution >= 0.6 is 22.7 Å². The SMILES string of the molecule is CC1(C)c2ccccc2-c2ccc(-c3ccc(O)c(-c4nc5ccccc5s4)c3)cc21.CC1(C)c2ccccc2-c2ccc(-c3ccc([S-])c(-c4nc5ccccc5s4)c3)cc21.[Zn]. The van der Waals surface area contributed by atoms with E-state index in [0.717, 1.165) is 52.9 Å². The Morgan fingerprint density at radius 3 is 1.33 bits per heavy atom. The zero-order chi connectivity index (χ0) is 42.3. The van der Waals surface area contributed by atoms with Gasteiger partial charge in [0.05, 0.1) is 26.0 Å². The zero-order valence-corrected chi connectivity index (χ0v) is 40.9. The quantitative estimate of drug-likeness (QED) is 0.141. The van der Waals surface area contributed by atoms with Gasteiger partial charge in [-0.1, -0.05) is 143 Å². The maximum atomic E-state index is 10.6. The Balaban J connectivity index is 0.000000147. The molecule has 0 fully saturated rings. The number of fused-ring (bicyclic) bond motifs is 8. The van der Waals surface area contributed by atoms with Gasteiger partial charge in [-0.05, 0) is 127 Å². The van der Waals surface area contributed by atoms with Gasteiger partial charge >= 0.3 is 0 Å². The molecule has 2 aromatic heterocycles. The molecular formula is C56H41N2OS3Zn-. The van der Waals surface area contributed by atoms with E-state index in [0.29, 0.717) is 0 Å². The van der Waals surface area contributed by atoms with Crippen molar-refractivity contribution in [2.45, 2.75) is 43.4 Å². The number of phenolic OH excluding ortho intramolecular Hbond substituents is 1. The van der Waals surface area contributed by atoms with Crippen LogP contribution in [0, 0.1) is 0 Å². The fourth-order valence-corrected chi connectivity index (χ4v) is 11.8. The van der Waals surface area contributed by atoms with Crippen molar-refractivity contribution in [2.75, 3.05) is 0 Å². The van der Waals surface area contributed by atoms with Gasteiger partial charge in [-0.15, -0.1) is 22.7 Å². The van der Waals surface area contributed by atoms with Crippen LogP contribution in [0.2, 0.25) is 0 Å². The van der Waals surface area contributed by atoms with Gasteiger partial charge in [-0.3, -0.25) is 0 Å². The van der Waals surface area contributed by atoms with Gasteiger partial charge in [0.15, 0.2) is 0 Å². The summed E-state index contributed by atoms with van der Waals surface area (Å²) in [6.45, 7) is 9.23. The molecule has 2 aliphatic rings. The van der Waals surface area contributed by atoms with E-state index in [1.807, 2.05) is 36.4 Å². The normalized spacial score (nSPS) is 13.7. The molecule has 0 spiro atoms. The van der Waals surface area contributed by atoms with Crippen molar-refractivity contribution in [1.29, 1.82) is 0 Å². The molecule has 0 saturated carbocycles. The summed E-state index contributed by atoms with van der Waals surface area (Å²) in [6, 6.07) is 59.6. The molecule has 63 heavy (non-hydrogen) atoms. The minimum absolute atomic E-state index is 0. The molecule has 0 atom stereocenters. The Labute approximate surface area is 394 Å². The van der Waals surface area contributed by atoms with Gasteiger partial charge in [0.25, 0.3) is 0 Å². The second-order valence-electron chi connectivity index (χ2n) is 17.3. The fraction of sp³-hybridized carbons (Fsp3) is 0.107. The predicted molar refractivity (Wildman–Crippen MR) is 263 cm³/mol. The molecule has 0 radical (unpaired) electrons. The summed E-state index contributed by atoms with van der Waals surface area (Å²) in [7, 11) is 0. The number of phenols is 1. The van der Waals surface area contributed by atoms with E-state index in [2.05, 4.69) is 155 Å². The third-order valence-corrected chi connectivity index (χ3v) is 15.4. The second-order valence-corrected chi connectivity index (χ2v) is 19.8. The van der Waals surface area contributed by atoms with Gasteiger partial charge in [0, 0.05) is 30.3 Å². The van der Waals surface area contributed by atoms with E-state index < -0.39 is 0 Å². The average molecular weight is 920 g/mol. The van der Waals surface area contributed by atoms with Crippen LogP contribution < -0.4 is 0 Å². The number of thiazole rings is 2. The smallest absolute Gasteiger partial charge is 0.128 e. The fourth-order valence-electron chi connectivity index (χ4n) is 9.51. The number of nitrogens with zero attached hydrogens (tertiary/aromatic N) is 2. The molecule has 8 aromatic carbocycles. The second kappa shape index (κ2) is 15.8. The molecule has 0 bridgehead atoms. The van der Waals surface area contributed by atoms with E-state index in [4.69, 9.17) is 22.6 Å². The van der Waals surface area contributed by atoms with Gasteiger partial charge in [-0.25, -0.2) is 9.97 Å². The topological polar surface area (TPSA) is 46.0 Å². The Morgan fingerprint density at radius 2 is 0.810 bits per heavy atom. The average Bonchev–Trinajstić information content (AvgIpc) is 4.04. The third kappa shape index (κ3) is 6.94. The van der Waals surface area contributed by atoms with Crippen molar-refractivity contribution in [2.24, 2.45) is 0 Å². The molecule has 1 N–H and O–H groups in total. The molecule has 0 aliphatic heterocycles. The number of hydrogen-bond donors (Lipinski definition) is 1. The largest absolute Gasteiger partial charge is 0.779 e. The van der Waals surface area contributed by atoms with Crippen LogP contribution in [0.25, 0.3) is 86.1 Å². The van der Waals surface area contributed by atoms with E-state index in [-0.39, 0.29) is 36.1 Å². The van der Waals surface area contributed by atoms with Gasteiger partial charge in [0.1, 0.15) is 15.8 Å². The zero-order valence-electron chi connectivity index (χ0n) is 35.4. The summed E-state index contributed by atoms with van der Waals surface area (Å²) in [5, 5.41) is 12.4.